The average Bonchev–Trinajstić information content (AvgIpc) is 1.96. The molecule has 0 radical (unpaired) electrons. The summed E-state index contributed by atoms with van der Waals surface area (Å²) in [6.07, 6.45) is 0.275. The number of carbonyl (C=O) groups excluding carboxylic acids is 2. The van der Waals surface area contributed by atoms with Crippen LogP contribution in [0.25, 0.3) is 0 Å². The molecule has 1 saturated heterocycles. The van der Waals surface area contributed by atoms with E-state index >= 15 is 0 Å². The number of β-amino-alcohol motifs (C(OH)–C–C–N with tert-alkyl or cyclic N) is 1. The highest BCUT2D eigenvalue weighted by Crippen LogP contribution is 2.25. The van der Waals surface area contributed by atoms with Gasteiger partial charge in [0.05, 0.1) is 13.1 Å². The molecule has 0 atom stereocenters. The van der Waals surface area contributed by atoms with E-state index in [2.05, 4.69) is 0 Å². The largest absolute Gasteiger partial charge is 0.444 e. The maximum absolute atomic E-state index is 11.4. The minimum Gasteiger partial charge on any atom is -0.444 e. The van der Waals surface area contributed by atoms with E-state index in [9.17, 15) is 14.7 Å². The number of aldehydes is 1. The van der Waals surface area contributed by atoms with Gasteiger partial charge in [0.1, 0.15) is 17.5 Å². The molecule has 1 fully saturated rings. The van der Waals surface area contributed by atoms with E-state index in [1.54, 1.807) is 20.8 Å². The Labute approximate surface area is 89.0 Å². The topological polar surface area (TPSA) is 66.8 Å². The number of nitrogens with zero attached hydrogens (tertiary/aromatic N) is 1. The van der Waals surface area contributed by atoms with Crippen molar-refractivity contribution in [3.63, 3.8) is 0 Å². The van der Waals surface area contributed by atoms with Gasteiger partial charge in [0.2, 0.25) is 0 Å². The van der Waals surface area contributed by atoms with Gasteiger partial charge in [-0.1, -0.05) is 0 Å². The Balaban J connectivity index is 2.38. The summed E-state index contributed by atoms with van der Waals surface area (Å²) >= 11 is 0. The van der Waals surface area contributed by atoms with Crippen molar-refractivity contribution in [3.8, 4) is 0 Å². The zero-order chi connectivity index (χ0) is 11.7. The predicted molar refractivity (Wildman–Crippen MR) is 53.4 cm³/mol. The van der Waals surface area contributed by atoms with Crippen molar-refractivity contribution in [2.45, 2.75) is 38.4 Å². The predicted octanol–water partition coefficient (Wildman–Crippen LogP) is 0.557. The first-order valence-corrected chi connectivity index (χ1v) is 4.90. The van der Waals surface area contributed by atoms with Crippen LogP contribution in [-0.4, -0.2) is 46.7 Å². The molecular weight excluding hydrogens is 198 g/mol. The third kappa shape index (κ3) is 3.20. The molecule has 5 heteroatoms. The molecule has 5 nitrogen and oxygen atoms in total. The van der Waals surface area contributed by atoms with E-state index in [1.807, 2.05) is 0 Å². The summed E-state index contributed by atoms with van der Waals surface area (Å²) in [5.74, 6) is 0. The van der Waals surface area contributed by atoms with Gasteiger partial charge in [0.25, 0.3) is 0 Å². The Morgan fingerprint density at radius 1 is 1.53 bits per heavy atom. The summed E-state index contributed by atoms with van der Waals surface area (Å²) in [4.78, 5) is 23.0. The van der Waals surface area contributed by atoms with Crippen LogP contribution in [0.3, 0.4) is 0 Å². The molecule has 86 valence electrons. The van der Waals surface area contributed by atoms with Gasteiger partial charge in [0.15, 0.2) is 0 Å². The van der Waals surface area contributed by atoms with Crippen molar-refractivity contribution >= 4 is 12.4 Å². The molecule has 15 heavy (non-hydrogen) atoms. The lowest BCUT2D eigenvalue weighted by Gasteiger charge is -2.45. The maximum Gasteiger partial charge on any atom is 0.410 e. The van der Waals surface area contributed by atoms with Crippen molar-refractivity contribution in [2.24, 2.45) is 0 Å². The highest BCUT2D eigenvalue weighted by atomic mass is 16.6. The third-order valence-corrected chi connectivity index (χ3v) is 2.09. The number of amides is 1. The fraction of sp³-hybridized carbons (Fsp3) is 0.800. The lowest BCUT2D eigenvalue weighted by molar-refractivity contribution is -0.126. The SMILES string of the molecule is CC(C)(C)OC(=O)N1CC(O)(CC=O)C1. The van der Waals surface area contributed by atoms with E-state index < -0.39 is 17.3 Å². The van der Waals surface area contributed by atoms with Gasteiger partial charge < -0.3 is 19.5 Å². The van der Waals surface area contributed by atoms with Gasteiger partial charge in [-0.25, -0.2) is 4.79 Å². The van der Waals surface area contributed by atoms with Crippen molar-refractivity contribution in [2.75, 3.05) is 13.1 Å². The fourth-order valence-corrected chi connectivity index (χ4v) is 1.40. The number of aliphatic hydroxyl groups is 1. The molecule has 0 bridgehead atoms. The lowest BCUT2D eigenvalue weighted by Crippen LogP contribution is -2.64. The zero-order valence-corrected chi connectivity index (χ0v) is 9.32. The first kappa shape index (κ1) is 12.0. The van der Waals surface area contributed by atoms with Gasteiger partial charge in [-0.15, -0.1) is 0 Å². The van der Waals surface area contributed by atoms with Crippen LogP contribution in [-0.2, 0) is 9.53 Å². The summed E-state index contributed by atoms with van der Waals surface area (Å²) < 4.78 is 5.10. The van der Waals surface area contributed by atoms with Crippen LogP contribution in [0, 0.1) is 0 Å². The molecule has 1 aliphatic rings. The van der Waals surface area contributed by atoms with Crippen LogP contribution in [0.4, 0.5) is 4.79 Å². The van der Waals surface area contributed by atoms with E-state index in [-0.39, 0.29) is 19.5 Å². The summed E-state index contributed by atoms with van der Waals surface area (Å²) in [6.45, 7) is 5.67. The highest BCUT2D eigenvalue weighted by molar-refractivity contribution is 5.70. The standard InChI is InChI=1S/C10H17NO4/c1-9(2,3)15-8(13)11-6-10(14,7-11)4-5-12/h5,14H,4,6-7H2,1-3H3. The zero-order valence-electron chi connectivity index (χ0n) is 9.32. The molecule has 1 rings (SSSR count). The number of hydrogen-bond donors (Lipinski definition) is 1. The van der Waals surface area contributed by atoms with Crippen LogP contribution in [0.5, 0.6) is 0 Å². The monoisotopic (exact) mass is 215 g/mol. The number of hydrogen-bond acceptors (Lipinski definition) is 4. The van der Waals surface area contributed by atoms with E-state index in [4.69, 9.17) is 4.74 Å². The summed E-state index contributed by atoms with van der Waals surface area (Å²) in [7, 11) is 0. The quantitative estimate of drug-likeness (QED) is 0.683. The Morgan fingerprint density at radius 3 is 2.47 bits per heavy atom. The number of ether oxygens (including phenoxy) is 1. The van der Waals surface area contributed by atoms with Crippen molar-refractivity contribution in [1.82, 2.24) is 4.90 Å². The smallest absolute Gasteiger partial charge is 0.410 e. The summed E-state index contributed by atoms with van der Waals surface area (Å²) in [5.41, 5.74) is -1.58. The molecular formula is C10H17NO4. The van der Waals surface area contributed by atoms with Crippen LogP contribution in [0.2, 0.25) is 0 Å². The molecule has 0 aromatic carbocycles. The van der Waals surface area contributed by atoms with Crippen LogP contribution in [0.15, 0.2) is 0 Å². The van der Waals surface area contributed by atoms with Crippen LogP contribution < -0.4 is 0 Å². The first-order chi connectivity index (χ1) is 6.76. The highest BCUT2D eigenvalue weighted by Gasteiger charge is 2.44. The average molecular weight is 215 g/mol. The summed E-state index contributed by atoms with van der Waals surface area (Å²) in [6, 6.07) is 0. The minimum absolute atomic E-state index is 0.0618. The van der Waals surface area contributed by atoms with Crippen molar-refractivity contribution in [3.05, 3.63) is 0 Å². The molecule has 0 aliphatic carbocycles. The van der Waals surface area contributed by atoms with Crippen molar-refractivity contribution in [1.29, 1.82) is 0 Å². The molecule has 0 saturated carbocycles. The second kappa shape index (κ2) is 3.81. The Hall–Kier alpha value is -1.10. The van der Waals surface area contributed by atoms with E-state index in [0.717, 1.165) is 0 Å². The van der Waals surface area contributed by atoms with Crippen molar-refractivity contribution < 1.29 is 19.4 Å². The number of likely N-dealkylation sites (tertiary alicyclic amines) is 1. The molecule has 1 heterocycles. The van der Waals surface area contributed by atoms with Gasteiger partial charge in [-0.3, -0.25) is 0 Å². The Morgan fingerprint density at radius 2 is 2.07 bits per heavy atom. The van der Waals surface area contributed by atoms with Gasteiger partial charge in [-0.05, 0) is 20.8 Å². The Kier molecular flexibility index (Phi) is 3.04. The van der Waals surface area contributed by atoms with Crippen LogP contribution >= 0.6 is 0 Å². The molecule has 0 aromatic rings. The third-order valence-electron chi connectivity index (χ3n) is 2.09. The maximum atomic E-state index is 11.4. The minimum atomic E-state index is -1.04. The molecule has 1 amide bonds. The normalized spacial score (nSPS) is 19.3. The summed E-state index contributed by atoms with van der Waals surface area (Å²) in [5, 5.41) is 9.65. The Bertz CT molecular complexity index is 263. The van der Waals surface area contributed by atoms with E-state index in [1.165, 1.54) is 4.90 Å². The number of rotatable bonds is 2. The molecule has 0 aromatic heterocycles. The van der Waals surface area contributed by atoms with E-state index in [0.29, 0.717) is 6.29 Å². The van der Waals surface area contributed by atoms with Crippen LogP contribution in [0.1, 0.15) is 27.2 Å². The van der Waals surface area contributed by atoms with Gasteiger partial charge >= 0.3 is 6.09 Å². The fourth-order valence-electron chi connectivity index (χ4n) is 1.40. The lowest BCUT2D eigenvalue weighted by atomic mass is 9.92. The van der Waals surface area contributed by atoms with Gasteiger partial charge in [0, 0.05) is 6.42 Å². The number of carbonyl (C=O) groups is 2. The second-order valence-corrected chi connectivity index (χ2v) is 4.93. The molecule has 0 unspecified atom stereocenters. The molecule has 0 spiro atoms. The van der Waals surface area contributed by atoms with Gasteiger partial charge in [-0.2, -0.15) is 0 Å². The molecule has 1 N–H and O–H groups in total. The molecule has 1 aliphatic heterocycles. The second-order valence-electron chi connectivity index (χ2n) is 4.93. The first-order valence-electron chi connectivity index (χ1n) is 4.90.